The topological polar surface area (TPSA) is 46.3 Å². The molecule has 1 aromatic rings. The van der Waals surface area contributed by atoms with Gasteiger partial charge in [-0.3, -0.25) is 4.79 Å². The van der Waals surface area contributed by atoms with Gasteiger partial charge in [0.05, 0.1) is 22.3 Å². The Morgan fingerprint density at radius 1 is 1.37 bits per heavy atom. The van der Waals surface area contributed by atoms with Crippen molar-refractivity contribution in [3.63, 3.8) is 0 Å². The van der Waals surface area contributed by atoms with Crippen molar-refractivity contribution in [3.05, 3.63) is 28.8 Å². The van der Waals surface area contributed by atoms with Gasteiger partial charge in [-0.15, -0.1) is 0 Å². The molecule has 2 N–H and O–H groups in total. The number of piperidine rings is 1. The average molecular weight is 293 g/mol. The number of benzene rings is 1. The van der Waals surface area contributed by atoms with Crippen LogP contribution in [0, 0.1) is 0 Å². The van der Waals surface area contributed by atoms with Crippen molar-refractivity contribution >= 4 is 23.2 Å². The number of rotatable bonds is 1. The van der Waals surface area contributed by atoms with E-state index in [1.807, 2.05) is 0 Å². The van der Waals surface area contributed by atoms with Gasteiger partial charge in [0.25, 0.3) is 0 Å². The maximum atomic E-state index is 12.7. The zero-order chi connectivity index (χ0) is 14.2. The molecule has 0 spiro atoms. The SMILES string of the molecule is NC1CCCN(c2cc(C(F)(F)F)ccc2Cl)C1=O. The van der Waals surface area contributed by atoms with Gasteiger partial charge in [0.1, 0.15) is 0 Å². The third kappa shape index (κ3) is 2.84. The van der Waals surface area contributed by atoms with E-state index in [9.17, 15) is 18.0 Å². The average Bonchev–Trinajstić information content (AvgIpc) is 2.32. The van der Waals surface area contributed by atoms with Gasteiger partial charge in [0, 0.05) is 6.54 Å². The number of carbonyl (C=O) groups is 1. The van der Waals surface area contributed by atoms with E-state index in [1.165, 1.54) is 4.90 Å². The maximum Gasteiger partial charge on any atom is 0.416 e. The molecule has 19 heavy (non-hydrogen) atoms. The first-order valence-electron chi connectivity index (χ1n) is 5.74. The highest BCUT2D eigenvalue weighted by Crippen LogP contribution is 2.36. The number of anilines is 1. The second-order valence-electron chi connectivity index (χ2n) is 4.40. The molecule has 1 aliphatic rings. The minimum atomic E-state index is -4.47. The summed E-state index contributed by atoms with van der Waals surface area (Å²) in [6, 6.07) is 2.24. The van der Waals surface area contributed by atoms with Crippen LogP contribution in [0.5, 0.6) is 0 Å². The summed E-state index contributed by atoms with van der Waals surface area (Å²) in [5, 5.41) is 0.107. The van der Waals surface area contributed by atoms with Crippen molar-refractivity contribution in [1.29, 1.82) is 0 Å². The Labute approximate surface area is 113 Å². The number of amides is 1. The molecule has 0 aromatic heterocycles. The summed E-state index contributed by atoms with van der Waals surface area (Å²) >= 11 is 5.89. The fourth-order valence-electron chi connectivity index (χ4n) is 2.04. The molecule has 2 rings (SSSR count). The van der Waals surface area contributed by atoms with Gasteiger partial charge < -0.3 is 10.6 Å². The molecule has 0 radical (unpaired) electrons. The second kappa shape index (κ2) is 5.02. The standard InChI is InChI=1S/C12H12ClF3N2O/c13-8-4-3-7(12(14,15)16)6-10(8)18-5-1-2-9(17)11(18)19/h3-4,6,9H,1-2,5,17H2. The summed E-state index contributed by atoms with van der Waals surface area (Å²) in [5.41, 5.74) is 4.86. The van der Waals surface area contributed by atoms with Crippen LogP contribution in [0.2, 0.25) is 5.02 Å². The summed E-state index contributed by atoms with van der Waals surface area (Å²) in [4.78, 5) is 13.1. The van der Waals surface area contributed by atoms with Crippen LogP contribution < -0.4 is 10.6 Å². The van der Waals surface area contributed by atoms with Crippen LogP contribution in [0.4, 0.5) is 18.9 Å². The third-order valence-electron chi connectivity index (χ3n) is 3.04. The van der Waals surface area contributed by atoms with Gasteiger partial charge >= 0.3 is 6.18 Å². The molecule has 0 saturated carbocycles. The zero-order valence-corrected chi connectivity index (χ0v) is 10.6. The minimum Gasteiger partial charge on any atom is -0.320 e. The van der Waals surface area contributed by atoms with Crippen LogP contribution in [0.25, 0.3) is 0 Å². The Morgan fingerprint density at radius 3 is 2.68 bits per heavy atom. The van der Waals surface area contributed by atoms with Crippen LogP contribution in [-0.4, -0.2) is 18.5 Å². The first-order chi connectivity index (χ1) is 8.80. The number of hydrogen-bond donors (Lipinski definition) is 1. The van der Waals surface area contributed by atoms with Crippen molar-refractivity contribution in [2.24, 2.45) is 5.73 Å². The highest BCUT2D eigenvalue weighted by molar-refractivity contribution is 6.33. The third-order valence-corrected chi connectivity index (χ3v) is 3.36. The lowest BCUT2D eigenvalue weighted by Gasteiger charge is -2.31. The molecule has 1 fully saturated rings. The van der Waals surface area contributed by atoms with E-state index >= 15 is 0 Å². The smallest absolute Gasteiger partial charge is 0.320 e. The molecule has 7 heteroatoms. The fourth-order valence-corrected chi connectivity index (χ4v) is 2.26. The lowest BCUT2D eigenvalue weighted by Crippen LogP contribution is -2.48. The molecule has 1 amide bonds. The summed E-state index contributed by atoms with van der Waals surface area (Å²) in [7, 11) is 0. The molecule has 1 aromatic carbocycles. The summed E-state index contributed by atoms with van der Waals surface area (Å²) in [6.07, 6.45) is -3.30. The first-order valence-corrected chi connectivity index (χ1v) is 6.12. The Balaban J connectivity index is 2.41. The van der Waals surface area contributed by atoms with E-state index in [0.29, 0.717) is 19.4 Å². The van der Waals surface area contributed by atoms with Crippen LogP contribution >= 0.6 is 11.6 Å². The summed E-state index contributed by atoms with van der Waals surface area (Å²) in [6.45, 7) is 0.327. The van der Waals surface area contributed by atoms with Crippen molar-refractivity contribution in [3.8, 4) is 0 Å². The second-order valence-corrected chi connectivity index (χ2v) is 4.81. The first kappa shape index (κ1) is 14.1. The van der Waals surface area contributed by atoms with E-state index in [-0.39, 0.29) is 10.7 Å². The Morgan fingerprint density at radius 2 is 2.05 bits per heavy atom. The largest absolute Gasteiger partial charge is 0.416 e. The summed E-state index contributed by atoms with van der Waals surface area (Å²) in [5.74, 6) is -0.396. The Bertz CT molecular complexity index is 504. The Kier molecular flexibility index (Phi) is 3.73. The molecular formula is C12H12ClF3N2O. The van der Waals surface area contributed by atoms with Crippen LogP contribution in [-0.2, 0) is 11.0 Å². The van der Waals surface area contributed by atoms with Gasteiger partial charge in [-0.2, -0.15) is 13.2 Å². The molecule has 3 nitrogen and oxygen atoms in total. The van der Waals surface area contributed by atoms with Crippen LogP contribution in [0.1, 0.15) is 18.4 Å². The number of nitrogens with zero attached hydrogens (tertiary/aromatic N) is 1. The van der Waals surface area contributed by atoms with Crippen molar-refractivity contribution in [2.75, 3.05) is 11.4 Å². The zero-order valence-electron chi connectivity index (χ0n) is 9.88. The predicted molar refractivity (Wildman–Crippen MR) is 66.0 cm³/mol. The molecule has 1 unspecified atom stereocenters. The maximum absolute atomic E-state index is 12.7. The van der Waals surface area contributed by atoms with E-state index in [4.69, 9.17) is 17.3 Å². The lowest BCUT2D eigenvalue weighted by molar-refractivity contribution is -0.137. The van der Waals surface area contributed by atoms with E-state index in [1.54, 1.807) is 0 Å². The van der Waals surface area contributed by atoms with E-state index < -0.39 is 23.7 Å². The monoisotopic (exact) mass is 292 g/mol. The quantitative estimate of drug-likeness (QED) is 0.865. The number of halogens is 4. The van der Waals surface area contributed by atoms with Gasteiger partial charge in [-0.1, -0.05) is 11.6 Å². The van der Waals surface area contributed by atoms with Gasteiger partial charge in [0.2, 0.25) is 5.91 Å². The number of nitrogens with two attached hydrogens (primary N) is 1. The number of alkyl halides is 3. The minimum absolute atomic E-state index is 0.0663. The molecule has 1 saturated heterocycles. The molecule has 104 valence electrons. The molecule has 0 aliphatic carbocycles. The predicted octanol–water partition coefficient (Wildman–Crippen LogP) is 2.81. The highest BCUT2D eigenvalue weighted by Gasteiger charge is 2.33. The van der Waals surface area contributed by atoms with Gasteiger partial charge in [-0.25, -0.2) is 0 Å². The molecular weight excluding hydrogens is 281 g/mol. The molecule has 0 bridgehead atoms. The molecule has 1 aliphatic heterocycles. The van der Waals surface area contributed by atoms with Crippen LogP contribution in [0.15, 0.2) is 18.2 Å². The van der Waals surface area contributed by atoms with Crippen molar-refractivity contribution in [2.45, 2.75) is 25.1 Å². The Hall–Kier alpha value is -1.27. The normalized spacial score (nSPS) is 20.8. The van der Waals surface area contributed by atoms with E-state index in [0.717, 1.165) is 18.2 Å². The summed E-state index contributed by atoms with van der Waals surface area (Å²) < 4.78 is 38.0. The van der Waals surface area contributed by atoms with Gasteiger partial charge in [-0.05, 0) is 31.0 Å². The fraction of sp³-hybridized carbons (Fsp3) is 0.417. The lowest BCUT2D eigenvalue weighted by atomic mass is 10.0. The molecule has 1 heterocycles. The number of hydrogen-bond acceptors (Lipinski definition) is 2. The van der Waals surface area contributed by atoms with Gasteiger partial charge in [0.15, 0.2) is 0 Å². The van der Waals surface area contributed by atoms with Crippen molar-refractivity contribution in [1.82, 2.24) is 0 Å². The number of carbonyl (C=O) groups excluding carboxylic acids is 1. The highest BCUT2D eigenvalue weighted by atomic mass is 35.5. The van der Waals surface area contributed by atoms with Crippen LogP contribution in [0.3, 0.4) is 0 Å². The van der Waals surface area contributed by atoms with E-state index in [2.05, 4.69) is 0 Å². The van der Waals surface area contributed by atoms with Crippen molar-refractivity contribution < 1.29 is 18.0 Å². The molecule has 1 atom stereocenters.